The first-order chi connectivity index (χ1) is 5.77. The van der Waals surface area contributed by atoms with E-state index in [1.165, 1.54) is 0 Å². The SMILES string of the molecule is Cc1cccc(C(CO)CF)c1. The van der Waals surface area contributed by atoms with Crippen molar-refractivity contribution in [2.24, 2.45) is 0 Å². The maximum absolute atomic E-state index is 12.3. The topological polar surface area (TPSA) is 20.2 Å². The molecule has 2 heteroatoms. The van der Waals surface area contributed by atoms with Gasteiger partial charge in [0, 0.05) is 5.92 Å². The lowest BCUT2D eigenvalue weighted by atomic mass is 10.00. The van der Waals surface area contributed by atoms with Crippen LogP contribution in [0.1, 0.15) is 17.0 Å². The summed E-state index contributed by atoms with van der Waals surface area (Å²) in [6.45, 7) is 1.33. The number of hydrogen-bond acceptors (Lipinski definition) is 1. The van der Waals surface area contributed by atoms with E-state index in [0.29, 0.717) is 0 Å². The van der Waals surface area contributed by atoms with Crippen molar-refractivity contribution in [3.63, 3.8) is 0 Å². The first-order valence-corrected chi connectivity index (χ1v) is 4.01. The van der Waals surface area contributed by atoms with Crippen molar-refractivity contribution in [2.75, 3.05) is 13.3 Å². The Kier molecular flexibility index (Phi) is 3.23. The third kappa shape index (κ3) is 2.05. The van der Waals surface area contributed by atoms with Crippen LogP contribution in [0.2, 0.25) is 0 Å². The van der Waals surface area contributed by atoms with Crippen LogP contribution in [0, 0.1) is 6.92 Å². The van der Waals surface area contributed by atoms with Gasteiger partial charge in [-0.1, -0.05) is 29.8 Å². The van der Waals surface area contributed by atoms with Crippen molar-refractivity contribution in [3.05, 3.63) is 35.4 Å². The second-order valence-electron chi connectivity index (χ2n) is 2.95. The monoisotopic (exact) mass is 168 g/mol. The van der Waals surface area contributed by atoms with Crippen molar-refractivity contribution in [2.45, 2.75) is 12.8 Å². The smallest absolute Gasteiger partial charge is 0.0984 e. The summed E-state index contributed by atoms with van der Waals surface area (Å²) in [6.07, 6.45) is 0. The Balaban J connectivity index is 2.85. The standard InChI is InChI=1S/C10H13FO/c1-8-3-2-4-9(5-8)10(6-11)7-12/h2-5,10,12H,6-7H2,1H3. The molecule has 12 heavy (non-hydrogen) atoms. The zero-order valence-electron chi connectivity index (χ0n) is 7.13. The Morgan fingerprint density at radius 3 is 2.75 bits per heavy atom. The van der Waals surface area contributed by atoms with Gasteiger partial charge in [-0.25, -0.2) is 0 Å². The number of aliphatic hydroxyl groups excluding tert-OH is 1. The fourth-order valence-corrected chi connectivity index (χ4v) is 1.17. The quantitative estimate of drug-likeness (QED) is 0.732. The molecule has 0 heterocycles. The fraction of sp³-hybridized carbons (Fsp3) is 0.400. The lowest BCUT2D eigenvalue weighted by Gasteiger charge is -2.10. The Morgan fingerprint density at radius 2 is 2.25 bits per heavy atom. The van der Waals surface area contributed by atoms with E-state index in [-0.39, 0.29) is 12.5 Å². The number of halogens is 1. The molecule has 0 fully saturated rings. The molecule has 0 aliphatic carbocycles. The van der Waals surface area contributed by atoms with Gasteiger partial charge in [-0.05, 0) is 12.5 Å². The van der Waals surface area contributed by atoms with Crippen LogP contribution in [0.5, 0.6) is 0 Å². The van der Waals surface area contributed by atoms with E-state index >= 15 is 0 Å². The molecule has 1 rings (SSSR count). The van der Waals surface area contributed by atoms with Crippen molar-refractivity contribution in [3.8, 4) is 0 Å². The highest BCUT2D eigenvalue weighted by atomic mass is 19.1. The second kappa shape index (κ2) is 4.21. The highest BCUT2D eigenvalue weighted by Gasteiger charge is 2.08. The minimum absolute atomic E-state index is 0.125. The number of rotatable bonds is 3. The van der Waals surface area contributed by atoms with E-state index in [0.717, 1.165) is 11.1 Å². The molecule has 0 saturated carbocycles. The molecule has 0 saturated heterocycles. The molecule has 0 aromatic heterocycles. The first kappa shape index (κ1) is 9.20. The van der Waals surface area contributed by atoms with Crippen molar-refractivity contribution in [1.82, 2.24) is 0 Å². The molecule has 0 aliphatic rings. The second-order valence-corrected chi connectivity index (χ2v) is 2.95. The highest BCUT2D eigenvalue weighted by Crippen LogP contribution is 2.16. The van der Waals surface area contributed by atoms with Gasteiger partial charge in [-0.15, -0.1) is 0 Å². The van der Waals surface area contributed by atoms with Crippen LogP contribution in [-0.4, -0.2) is 18.4 Å². The number of benzene rings is 1. The molecule has 1 aromatic rings. The minimum atomic E-state index is -0.500. The van der Waals surface area contributed by atoms with E-state index in [9.17, 15) is 4.39 Å². The Morgan fingerprint density at radius 1 is 1.50 bits per heavy atom. The van der Waals surface area contributed by atoms with E-state index in [2.05, 4.69) is 0 Å². The highest BCUT2D eigenvalue weighted by molar-refractivity contribution is 5.25. The predicted octanol–water partition coefficient (Wildman–Crippen LogP) is 2.04. The Hall–Kier alpha value is -0.890. The van der Waals surface area contributed by atoms with Crippen LogP contribution in [0.15, 0.2) is 24.3 Å². The van der Waals surface area contributed by atoms with Crippen molar-refractivity contribution < 1.29 is 9.50 Å². The Bertz CT molecular complexity index is 243. The fourth-order valence-electron chi connectivity index (χ4n) is 1.17. The van der Waals surface area contributed by atoms with Gasteiger partial charge in [0.05, 0.1) is 13.3 Å². The summed E-state index contributed by atoms with van der Waals surface area (Å²) in [5.74, 6) is -0.357. The van der Waals surface area contributed by atoms with E-state index in [4.69, 9.17) is 5.11 Å². The molecule has 1 unspecified atom stereocenters. The lowest BCUT2D eigenvalue weighted by molar-refractivity contribution is 0.241. The van der Waals surface area contributed by atoms with Gasteiger partial charge < -0.3 is 5.11 Å². The largest absolute Gasteiger partial charge is 0.396 e. The average molecular weight is 168 g/mol. The zero-order valence-corrected chi connectivity index (χ0v) is 7.13. The van der Waals surface area contributed by atoms with Gasteiger partial charge in [0.2, 0.25) is 0 Å². The molecule has 1 N–H and O–H groups in total. The summed E-state index contributed by atoms with van der Waals surface area (Å²) in [5, 5.41) is 8.83. The summed E-state index contributed by atoms with van der Waals surface area (Å²) in [5.41, 5.74) is 1.97. The summed E-state index contributed by atoms with van der Waals surface area (Å²) in [6, 6.07) is 7.58. The molecule has 0 radical (unpaired) electrons. The summed E-state index contributed by atoms with van der Waals surface area (Å²) < 4.78 is 12.3. The molecule has 0 spiro atoms. The maximum atomic E-state index is 12.3. The molecule has 0 aliphatic heterocycles. The molecule has 1 atom stereocenters. The average Bonchev–Trinajstić information content (AvgIpc) is 2.07. The third-order valence-electron chi connectivity index (χ3n) is 1.92. The minimum Gasteiger partial charge on any atom is -0.396 e. The van der Waals surface area contributed by atoms with Crippen molar-refractivity contribution in [1.29, 1.82) is 0 Å². The van der Waals surface area contributed by atoms with Crippen LogP contribution in [0.3, 0.4) is 0 Å². The number of hydrogen-bond donors (Lipinski definition) is 1. The first-order valence-electron chi connectivity index (χ1n) is 4.01. The van der Waals surface area contributed by atoms with Gasteiger partial charge >= 0.3 is 0 Å². The lowest BCUT2D eigenvalue weighted by Crippen LogP contribution is -2.05. The van der Waals surface area contributed by atoms with Crippen LogP contribution in [0.4, 0.5) is 4.39 Å². The van der Waals surface area contributed by atoms with Gasteiger partial charge in [0.25, 0.3) is 0 Å². The van der Waals surface area contributed by atoms with Crippen LogP contribution in [-0.2, 0) is 0 Å². The molecule has 1 aromatic carbocycles. The number of aliphatic hydroxyl groups is 1. The predicted molar refractivity (Wildman–Crippen MR) is 47.0 cm³/mol. The summed E-state index contributed by atoms with van der Waals surface area (Å²) in [7, 11) is 0. The van der Waals surface area contributed by atoms with Crippen LogP contribution >= 0.6 is 0 Å². The third-order valence-corrected chi connectivity index (χ3v) is 1.92. The van der Waals surface area contributed by atoms with Gasteiger partial charge in [0.15, 0.2) is 0 Å². The normalized spacial score (nSPS) is 12.9. The Labute approximate surface area is 71.9 Å². The van der Waals surface area contributed by atoms with E-state index in [1.807, 2.05) is 31.2 Å². The van der Waals surface area contributed by atoms with Gasteiger partial charge in [-0.3, -0.25) is 4.39 Å². The molecule has 0 bridgehead atoms. The molecular weight excluding hydrogens is 155 g/mol. The maximum Gasteiger partial charge on any atom is 0.0984 e. The summed E-state index contributed by atoms with van der Waals surface area (Å²) >= 11 is 0. The number of aryl methyl sites for hydroxylation is 1. The van der Waals surface area contributed by atoms with Gasteiger partial charge in [-0.2, -0.15) is 0 Å². The van der Waals surface area contributed by atoms with Gasteiger partial charge in [0.1, 0.15) is 0 Å². The van der Waals surface area contributed by atoms with Crippen molar-refractivity contribution >= 4 is 0 Å². The van der Waals surface area contributed by atoms with Crippen LogP contribution in [0.25, 0.3) is 0 Å². The molecule has 0 amide bonds. The number of alkyl halides is 1. The zero-order chi connectivity index (χ0) is 8.97. The molecule has 66 valence electrons. The van der Waals surface area contributed by atoms with E-state index in [1.54, 1.807) is 0 Å². The van der Waals surface area contributed by atoms with Crippen LogP contribution < -0.4 is 0 Å². The summed E-state index contributed by atoms with van der Waals surface area (Å²) in [4.78, 5) is 0. The van der Waals surface area contributed by atoms with E-state index < -0.39 is 6.67 Å². The molecular formula is C10H13FO. The molecule has 1 nitrogen and oxygen atoms in total.